The second-order valence-corrected chi connectivity index (χ2v) is 4.48. The predicted octanol–water partition coefficient (Wildman–Crippen LogP) is 1.38. The summed E-state index contributed by atoms with van der Waals surface area (Å²) in [5.41, 5.74) is 1.02. The van der Waals surface area contributed by atoms with E-state index in [1.807, 2.05) is 24.3 Å². The van der Waals surface area contributed by atoms with Gasteiger partial charge in [0.15, 0.2) is 0 Å². The van der Waals surface area contributed by atoms with Crippen molar-refractivity contribution in [1.82, 2.24) is 16.0 Å². The van der Waals surface area contributed by atoms with Gasteiger partial charge < -0.3 is 16.0 Å². The van der Waals surface area contributed by atoms with E-state index in [1.165, 1.54) is 0 Å². The third-order valence-corrected chi connectivity index (χ3v) is 3.04. The molecule has 18 heavy (non-hydrogen) atoms. The van der Waals surface area contributed by atoms with Crippen molar-refractivity contribution in [3.63, 3.8) is 0 Å². The van der Waals surface area contributed by atoms with E-state index in [-0.39, 0.29) is 6.03 Å². The smallest absolute Gasteiger partial charge is 0.315 e. The van der Waals surface area contributed by atoms with E-state index in [1.54, 1.807) is 0 Å². The highest BCUT2D eigenvalue weighted by Gasteiger charge is 2.01. The van der Waals surface area contributed by atoms with Crippen LogP contribution in [-0.2, 0) is 11.3 Å². The molecule has 1 aromatic rings. The summed E-state index contributed by atoms with van der Waals surface area (Å²) in [6.07, 6.45) is 1.36. The van der Waals surface area contributed by atoms with Gasteiger partial charge in [-0.05, 0) is 18.1 Å². The fourth-order valence-electron chi connectivity index (χ4n) is 1.33. The zero-order valence-electron chi connectivity index (χ0n) is 9.91. The summed E-state index contributed by atoms with van der Waals surface area (Å²) in [6, 6.07) is 7.51. The van der Waals surface area contributed by atoms with Crippen LogP contribution in [0.25, 0.3) is 0 Å². The first-order chi connectivity index (χ1) is 8.74. The van der Waals surface area contributed by atoms with Gasteiger partial charge in [0, 0.05) is 24.1 Å². The van der Waals surface area contributed by atoms with Gasteiger partial charge in [0.2, 0.25) is 6.41 Å². The average Bonchev–Trinajstić information content (AvgIpc) is 2.37. The quantitative estimate of drug-likeness (QED) is 0.526. The van der Waals surface area contributed by atoms with Gasteiger partial charge in [-0.1, -0.05) is 34.1 Å². The van der Waals surface area contributed by atoms with Crippen LogP contribution >= 0.6 is 15.9 Å². The van der Waals surface area contributed by atoms with Gasteiger partial charge in [0.1, 0.15) is 0 Å². The van der Waals surface area contributed by atoms with E-state index in [0.29, 0.717) is 32.5 Å². The molecular weight excluding hydrogens is 298 g/mol. The van der Waals surface area contributed by atoms with Crippen molar-refractivity contribution >= 4 is 28.4 Å². The minimum atomic E-state index is -0.211. The maximum Gasteiger partial charge on any atom is 0.315 e. The molecular formula is C12H16BrN3O2. The number of carbonyl (C=O) groups excluding carboxylic acids is 2. The van der Waals surface area contributed by atoms with Gasteiger partial charge in [0.05, 0.1) is 0 Å². The van der Waals surface area contributed by atoms with Crippen molar-refractivity contribution in [3.05, 3.63) is 34.3 Å². The summed E-state index contributed by atoms with van der Waals surface area (Å²) in [4.78, 5) is 21.4. The third kappa shape index (κ3) is 5.67. The Morgan fingerprint density at radius 2 is 2.00 bits per heavy atom. The lowest BCUT2D eigenvalue weighted by atomic mass is 10.2. The number of rotatable bonds is 7. The van der Waals surface area contributed by atoms with Crippen molar-refractivity contribution in [2.75, 3.05) is 13.1 Å². The van der Waals surface area contributed by atoms with E-state index in [4.69, 9.17) is 0 Å². The van der Waals surface area contributed by atoms with Crippen LogP contribution in [0.15, 0.2) is 28.7 Å². The van der Waals surface area contributed by atoms with Crippen LogP contribution in [0.3, 0.4) is 0 Å². The summed E-state index contributed by atoms with van der Waals surface area (Å²) < 4.78 is 0.973. The first-order valence-corrected chi connectivity index (χ1v) is 6.45. The molecule has 0 heterocycles. The summed E-state index contributed by atoms with van der Waals surface area (Å²) in [5, 5.41) is 8.00. The minimum Gasteiger partial charge on any atom is -0.359 e. The Morgan fingerprint density at radius 1 is 1.22 bits per heavy atom. The molecule has 0 aromatic heterocycles. The maximum atomic E-state index is 11.4. The molecule has 3 N–H and O–H groups in total. The maximum absolute atomic E-state index is 11.4. The summed E-state index contributed by atoms with van der Waals surface area (Å²) in [7, 11) is 0. The molecule has 3 amide bonds. The van der Waals surface area contributed by atoms with Crippen LogP contribution in [0, 0.1) is 0 Å². The molecule has 5 nitrogen and oxygen atoms in total. The SMILES string of the molecule is O=CNCCCNC(=O)NCc1ccccc1Br. The third-order valence-electron chi connectivity index (χ3n) is 2.26. The summed E-state index contributed by atoms with van der Waals surface area (Å²) >= 11 is 3.41. The number of urea groups is 1. The van der Waals surface area contributed by atoms with E-state index in [2.05, 4.69) is 31.9 Å². The van der Waals surface area contributed by atoms with E-state index in [9.17, 15) is 9.59 Å². The van der Waals surface area contributed by atoms with Gasteiger partial charge in [-0.15, -0.1) is 0 Å². The molecule has 0 aliphatic heterocycles. The van der Waals surface area contributed by atoms with Crippen LogP contribution in [-0.4, -0.2) is 25.5 Å². The zero-order valence-corrected chi connectivity index (χ0v) is 11.5. The van der Waals surface area contributed by atoms with E-state index < -0.39 is 0 Å². The fraction of sp³-hybridized carbons (Fsp3) is 0.333. The number of amides is 3. The standard InChI is InChI=1S/C12H16BrN3O2/c13-11-5-2-1-4-10(11)8-16-12(18)15-7-3-6-14-9-17/h1-2,4-5,9H,3,6-8H2,(H,14,17)(H2,15,16,18). The molecule has 0 radical (unpaired) electrons. The van der Waals surface area contributed by atoms with Gasteiger partial charge in [0.25, 0.3) is 0 Å². The number of halogens is 1. The number of hydrogen-bond acceptors (Lipinski definition) is 2. The van der Waals surface area contributed by atoms with Crippen LogP contribution < -0.4 is 16.0 Å². The molecule has 0 aliphatic rings. The van der Waals surface area contributed by atoms with Crippen LogP contribution in [0.4, 0.5) is 4.79 Å². The molecule has 0 atom stereocenters. The lowest BCUT2D eigenvalue weighted by molar-refractivity contribution is -0.109. The van der Waals surface area contributed by atoms with Crippen LogP contribution in [0.1, 0.15) is 12.0 Å². The highest BCUT2D eigenvalue weighted by atomic mass is 79.9. The molecule has 0 spiro atoms. The van der Waals surface area contributed by atoms with Gasteiger partial charge >= 0.3 is 6.03 Å². The Bertz CT molecular complexity index is 399. The van der Waals surface area contributed by atoms with Crippen molar-refractivity contribution in [2.45, 2.75) is 13.0 Å². The first-order valence-electron chi connectivity index (χ1n) is 5.66. The second kappa shape index (κ2) is 8.52. The van der Waals surface area contributed by atoms with Crippen LogP contribution in [0.2, 0.25) is 0 Å². The Morgan fingerprint density at radius 3 is 2.72 bits per heavy atom. The number of nitrogens with one attached hydrogen (secondary N) is 3. The molecule has 0 fully saturated rings. The van der Waals surface area contributed by atoms with Crippen molar-refractivity contribution < 1.29 is 9.59 Å². The van der Waals surface area contributed by atoms with Crippen molar-refractivity contribution in [2.24, 2.45) is 0 Å². The summed E-state index contributed by atoms with van der Waals surface area (Å²) in [6.45, 7) is 1.57. The van der Waals surface area contributed by atoms with Crippen molar-refractivity contribution in [3.8, 4) is 0 Å². The lowest BCUT2D eigenvalue weighted by Crippen LogP contribution is -2.36. The zero-order chi connectivity index (χ0) is 13.2. The molecule has 0 saturated carbocycles. The number of hydrogen-bond donors (Lipinski definition) is 3. The fourth-order valence-corrected chi connectivity index (χ4v) is 1.76. The molecule has 0 bridgehead atoms. The second-order valence-electron chi connectivity index (χ2n) is 3.63. The lowest BCUT2D eigenvalue weighted by Gasteiger charge is -2.08. The molecule has 98 valence electrons. The Balaban J connectivity index is 2.17. The normalized spacial score (nSPS) is 9.61. The van der Waals surface area contributed by atoms with Gasteiger partial charge in [-0.2, -0.15) is 0 Å². The Hall–Kier alpha value is -1.56. The number of benzene rings is 1. The Kier molecular flexibility index (Phi) is 6.86. The highest BCUT2D eigenvalue weighted by molar-refractivity contribution is 9.10. The summed E-state index contributed by atoms with van der Waals surface area (Å²) in [5.74, 6) is 0. The van der Waals surface area contributed by atoms with Gasteiger partial charge in [-0.3, -0.25) is 4.79 Å². The molecule has 0 aliphatic carbocycles. The molecule has 0 saturated heterocycles. The molecule has 1 rings (SSSR count). The monoisotopic (exact) mass is 313 g/mol. The first kappa shape index (κ1) is 14.5. The molecule has 0 unspecified atom stereocenters. The largest absolute Gasteiger partial charge is 0.359 e. The molecule has 6 heteroatoms. The topological polar surface area (TPSA) is 70.2 Å². The van der Waals surface area contributed by atoms with Crippen molar-refractivity contribution in [1.29, 1.82) is 0 Å². The van der Waals surface area contributed by atoms with E-state index in [0.717, 1.165) is 10.0 Å². The number of carbonyl (C=O) groups is 2. The van der Waals surface area contributed by atoms with Gasteiger partial charge in [-0.25, -0.2) is 4.79 Å². The van der Waals surface area contributed by atoms with Crippen LogP contribution in [0.5, 0.6) is 0 Å². The predicted molar refractivity (Wildman–Crippen MR) is 73.1 cm³/mol. The average molecular weight is 314 g/mol. The molecule has 1 aromatic carbocycles. The van der Waals surface area contributed by atoms with E-state index >= 15 is 0 Å². The minimum absolute atomic E-state index is 0.211. The Labute approximate surface area is 114 Å². The highest BCUT2D eigenvalue weighted by Crippen LogP contribution is 2.14.